The molecule has 1 atom stereocenters. The average Bonchev–Trinajstić information content (AvgIpc) is 3.30. The maximum Gasteiger partial charge on any atom is 0.419 e. The van der Waals surface area contributed by atoms with Crippen molar-refractivity contribution in [1.82, 2.24) is 10.2 Å². The van der Waals surface area contributed by atoms with Gasteiger partial charge >= 0.3 is 6.18 Å². The lowest BCUT2D eigenvalue weighted by Gasteiger charge is -2.17. The van der Waals surface area contributed by atoms with Gasteiger partial charge in [-0.25, -0.2) is 4.39 Å². The van der Waals surface area contributed by atoms with Gasteiger partial charge in [-0.1, -0.05) is 36.3 Å². The predicted octanol–water partition coefficient (Wildman–Crippen LogP) is 5.71. The number of aromatic nitrogens is 2. The van der Waals surface area contributed by atoms with Gasteiger partial charge < -0.3 is 15.6 Å². The number of ether oxygens (including phenoxy) is 1. The van der Waals surface area contributed by atoms with Crippen LogP contribution in [0.2, 0.25) is 0 Å². The second-order valence-corrected chi connectivity index (χ2v) is 9.31. The lowest BCUT2D eigenvalue weighted by molar-refractivity contribution is -0.138. The summed E-state index contributed by atoms with van der Waals surface area (Å²) < 4.78 is 59.4. The first-order valence-corrected chi connectivity index (χ1v) is 11.7. The monoisotopic (exact) mass is 497 g/mol. The third kappa shape index (κ3) is 6.97. The van der Waals surface area contributed by atoms with E-state index in [9.17, 15) is 22.7 Å². The quantitative estimate of drug-likeness (QED) is 0.262. The summed E-state index contributed by atoms with van der Waals surface area (Å²) in [5.74, 6) is -0.494. The number of aliphatic hydroxyl groups is 1. The molecule has 0 saturated heterocycles. The first kappa shape index (κ1) is 26.1. The van der Waals surface area contributed by atoms with Crippen LogP contribution in [0.5, 0.6) is 5.75 Å². The third-order valence-electron chi connectivity index (χ3n) is 5.30. The fourth-order valence-corrected chi connectivity index (χ4v) is 4.16. The second kappa shape index (κ2) is 11.2. The number of aryl methyl sites for hydroxylation is 1. The van der Waals surface area contributed by atoms with Crippen molar-refractivity contribution in [3.63, 3.8) is 0 Å². The fourth-order valence-electron chi connectivity index (χ4n) is 3.27. The molecule has 0 fully saturated rings. The van der Waals surface area contributed by atoms with E-state index in [1.165, 1.54) is 24.3 Å². The summed E-state index contributed by atoms with van der Waals surface area (Å²) in [7, 11) is 0. The number of aliphatic hydroxyl groups excluding tert-OH is 1. The third-order valence-corrected chi connectivity index (χ3v) is 6.56. The van der Waals surface area contributed by atoms with E-state index in [2.05, 4.69) is 10.2 Å². The summed E-state index contributed by atoms with van der Waals surface area (Å²) in [5, 5.41) is 17.8. The lowest BCUT2D eigenvalue weighted by atomic mass is 10.1. The highest BCUT2D eigenvalue weighted by molar-refractivity contribution is 7.14. The van der Waals surface area contributed by atoms with E-state index in [1.807, 2.05) is 0 Å². The molecule has 1 unspecified atom stereocenters. The van der Waals surface area contributed by atoms with Gasteiger partial charge in [0.1, 0.15) is 21.6 Å². The van der Waals surface area contributed by atoms with Gasteiger partial charge in [0.25, 0.3) is 0 Å². The molecular formula is C24H27F4N3O2S. The van der Waals surface area contributed by atoms with Gasteiger partial charge in [-0.3, -0.25) is 0 Å². The molecule has 3 N–H and O–H groups in total. The van der Waals surface area contributed by atoms with Crippen LogP contribution in [0, 0.1) is 5.82 Å². The minimum Gasteiger partial charge on any atom is -0.493 e. The smallest absolute Gasteiger partial charge is 0.419 e. The Labute approximate surface area is 199 Å². The molecule has 0 spiro atoms. The summed E-state index contributed by atoms with van der Waals surface area (Å²) in [6, 6.07) is 10.2. The standard InChI is InChI=1S/C24H27F4N3O2S/c1-23(29,15-32)22-31-30-21(34-22)17-9-12-20(19(14-17)24(26,27)28)33-13-5-3-2-4-6-16-7-10-18(25)11-8-16/h7-12,14,32H,2-6,13,15,29H2,1H3. The van der Waals surface area contributed by atoms with Gasteiger partial charge in [0.05, 0.1) is 24.3 Å². The molecule has 10 heteroatoms. The molecule has 2 aromatic carbocycles. The number of nitrogens with zero attached hydrogens (tertiary/aromatic N) is 2. The number of rotatable bonds is 11. The van der Waals surface area contributed by atoms with Crippen molar-refractivity contribution in [2.45, 2.75) is 50.7 Å². The lowest BCUT2D eigenvalue weighted by Crippen LogP contribution is -2.36. The Kier molecular flexibility index (Phi) is 8.62. The maximum absolute atomic E-state index is 13.7. The van der Waals surface area contributed by atoms with E-state index in [4.69, 9.17) is 10.5 Å². The Morgan fingerprint density at radius 1 is 1.00 bits per heavy atom. The van der Waals surface area contributed by atoms with Crippen LogP contribution in [-0.4, -0.2) is 28.5 Å². The zero-order valence-electron chi connectivity index (χ0n) is 18.7. The molecule has 1 heterocycles. The van der Waals surface area contributed by atoms with E-state index >= 15 is 0 Å². The number of unbranched alkanes of at least 4 members (excludes halogenated alkanes) is 3. The predicted molar refractivity (Wildman–Crippen MR) is 123 cm³/mol. The summed E-state index contributed by atoms with van der Waals surface area (Å²) in [4.78, 5) is 0. The summed E-state index contributed by atoms with van der Waals surface area (Å²) in [5.41, 5.74) is 5.24. The van der Waals surface area contributed by atoms with Gasteiger partial charge in [-0.05, 0) is 62.1 Å². The fraction of sp³-hybridized carbons (Fsp3) is 0.417. The molecule has 0 aliphatic rings. The number of alkyl halides is 3. The van der Waals surface area contributed by atoms with Gasteiger partial charge in [0.15, 0.2) is 0 Å². The molecule has 0 amide bonds. The molecule has 0 saturated carbocycles. The SMILES string of the molecule is CC(N)(CO)c1nnc(-c2ccc(OCCCCCCc3ccc(F)cc3)c(C(F)(F)F)c2)s1. The molecule has 0 bridgehead atoms. The zero-order valence-corrected chi connectivity index (χ0v) is 19.6. The van der Waals surface area contributed by atoms with Gasteiger partial charge in [-0.2, -0.15) is 13.2 Å². The minimum atomic E-state index is -4.60. The van der Waals surface area contributed by atoms with Crippen LogP contribution in [0.3, 0.4) is 0 Å². The maximum atomic E-state index is 13.7. The summed E-state index contributed by atoms with van der Waals surface area (Å²) in [6.45, 7) is 1.37. The second-order valence-electron chi connectivity index (χ2n) is 8.34. The van der Waals surface area contributed by atoms with Crippen molar-refractivity contribution in [3.8, 4) is 16.3 Å². The molecule has 1 aromatic heterocycles. The Bertz CT molecular complexity index is 1070. The molecule has 184 valence electrons. The van der Waals surface area contributed by atoms with Crippen LogP contribution >= 0.6 is 11.3 Å². The number of hydrogen-bond acceptors (Lipinski definition) is 6. The van der Waals surface area contributed by atoms with E-state index in [1.54, 1.807) is 19.1 Å². The number of nitrogens with two attached hydrogens (primary N) is 1. The van der Waals surface area contributed by atoms with Crippen LogP contribution in [0.15, 0.2) is 42.5 Å². The zero-order chi connectivity index (χ0) is 24.8. The Hall–Kier alpha value is -2.56. The molecule has 3 rings (SSSR count). The molecule has 0 aliphatic heterocycles. The number of benzene rings is 2. The highest BCUT2D eigenvalue weighted by Crippen LogP contribution is 2.39. The van der Waals surface area contributed by atoms with E-state index in [0.717, 1.165) is 48.6 Å². The van der Waals surface area contributed by atoms with E-state index in [0.29, 0.717) is 11.4 Å². The van der Waals surface area contributed by atoms with Crippen LogP contribution in [0.4, 0.5) is 17.6 Å². The Balaban J connectivity index is 1.55. The normalized spacial score (nSPS) is 13.6. The highest BCUT2D eigenvalue weighted by Gasteiger charge is 2.35. The van der Waals surface area contributed by atoms with Gasteiger partial charge in [0.2, 0.25) is 0 Å². The van der Waals surface area contributed by atoms with Crippen LogP contribution in [0.1, 0.15) is 48.7 Å². The Morgan fingerprint density at radius 3 is 2.38 bits per heavy atom. The van der Waals surface area contributed by atoms with Crippen molar-refractivity contribution in [3.05, 3.63) is 64.4 Å². The van der Waals surface area contributed by atoms with E-state index < -0.39 is 17.3 Å². The largest absolute Gasteiger partial charge is 0.493 e. The van der Waals surface area contributed by atoms with Crippen molar-refractivity contribution in [2.75, 3.05) is 13.2 Å². The molecule has 34 heavy (non-hydrogen) atoms. The van der Waals surface area contributed by atoms with Crippen LogP contribution in [0.25, 0.3) is 10.6 Å². The first-order chi connectivity index (χ1) is 16.1. The van der Waals surface area contributed by atoms with Gasteiger partial charge in [-0.15, -0.1) is 10.2 Å². The number of hydrogen-bond donors (Lipinski definition) is 2. The van der Waals surface area contributed by atoms with Crippen molar-refractivity contribution in [1.29, 1.82) is 0 Å². The number of halogens is 4. The summed E-state index contributed by atoms with van der Waals surface area (Å²) in [6.07, 6.45) is -0.512. The first-order valence-electron chi connectivity index (χ1n) is 10.9. The molecule has 3 aromatic rings. The Morgan fingerprint density at radius 2 is 1.71 bits per heavy atom. The topological polar surface area (TPSA) is 81.3 Å². The molecule has 5 nitrogen and oxygen atoms in total. The van der Waals surface area contributed by atoms with Crippen molar-refractivity contribution >= 4 is 11.3 Å². The van der Waals surface area contributed by atoms with Crippen molar-refractivity contribution < 1.29 is 27.4 Å². The van der Waals surface area contributed by atoms with Crippen molar-refractivity contribution in [2.24, 2.45) is 5.73 Å². The average molecular weight is 498 g/mol. The van der Waals surface area contributed by atoms with Crippen LogP contribution in [-0.2, 0) is 18.1 Å². The van der Waals surface area contributed by atoms with Crippen LogP contribution < -0.4 is 10.5 Å². The molecule has 0 aliphatic carbocycles. The van der Waals surface area contributed by atoms with E-state index in [-0.39, 0.29) is 35.4 Å². The molecule has 0 radical (unpaired) electrons. The summed E-state index contributed by atoms with van der Waals surface area (Å²) >= 11 is 1.04. The molecular weight excluding hydrogens is 470 g/mol. The minimum absolute atomic E-state index is 0.171. The highest BCUT2D eigenvalue weighted by atomic mass is 32.1. The van der Waals surface area contributed by atoms with Gasteiger partial charge in [0, 0.05) is 5.56 Å².